The van der Waals surface area contributed by atoms with Crippen LogP contribution < -0.4 is 15.8 Å². The maximum atomic E-state index is 12.7. The second-order valence-electron chi connectivity index (χ2n) is 7.18. The molecular weight excluding hydrogens is 376 g/mol. The van der Waals surface area contributed by atoms with E-state index < -0.39 is 5.63 Å². The van der Waals surface area contributed by atoms with Crippen molar-refractivity contribution in [2.45, 2.75) is 13.0 Å². The first-order valence-corrected chi connectivity index (χ1v) is 9.66. The van der Waals surface area contributed by atoms with Gasteiger partial charge in [0, 0.05) is 55.2 Å². The third-order valence-corrected chi connectivity index (χ3v) is 5.46. The molecule has 0 radical (unpaired) electrons. The van der Waals surface area contributed by atoms with Crippen molar-refractivity contribution in [2.24, 2.45) is 0 Å². The van der Waals surface area contributed by atoms with Crippen LogP contribution >= 0.6 is 11.6 Å². The second-order valence-corrected chi connectivity index (χ2v) is 7.59. The molecule has 0 unspecified atom stereocenters. The summed E-state index contributed by atoms with van der Waals surface area (Å²) < 4.78 is 7.45. The highest BCUT2D eigenvalue weighted by molar-refractivity contribution is 6.33. The molecule has 7 heteroatoms. The van der Waals surface area contributed by atoms with Crippen molar-refractivity contribution in [3.8, 4) is 11.3 Å². The van der Waals surface area contributed by atoms with E-state index in [2.05, 4.69) is 28.2 Å². The van der Waals surface area contributed by atoms with Crippen LogP contribution in [0.5, 0.6) is 0 Å². The molecule has 3 aromatic heterocycles. The molecule has 1 aromatic carbocycles. The molecule has 0 spiro atoms. The van der Waals surface area contributed by atoms with Gasteiger partial charge in [-0.15, -0.1) is 0 Å². The van der Waals surface area contributed by atoms with Gasteiger partial charge in [0.25, 0.3) is 0 Å². The summed E-state index contributed by atoms with van der Waals surface area (Å²) in [5, 5.41) is 4.84. The van der Waals surface area contributed by atoms with Gasteiger partial charge in [-0.2, -0.15) is 0 Å². The maximum Gasteiger partial charge on any atom is 0.345 e. The number of anilines is 1. The number of nitrogens with one attached hydrogen (secondary N) is 1. The molecule has 4 aromatic rings. The van der Waals surface area contributed by atoms with Gasteiger partial charge in [0.2, 0.25) is 0 Å². The van der Waals surface area contributed by atoms with E-state index in [4.69, 9.17) is 16.0 Å². The van der Waals surface area contributed by atoms with Crippen molar-refractivity contribution in [1.82, 2.24) is 14.7 Å². The van der Waals surface area contributed by atoms with Gasteiger partial charge in [-0.3, -0.25) is 0 Å². The highest BCUT2D eigenvalue weighted by atomic mass is 35.5. The van der Waals surface area contributed by atoms with Crippen LogP contribution in [0.2, 0.25) is 5.02 Å². The number of imidazole rings is 1. The second kappa shape index (κ2) is 6.65. The van der Waals surface area contributed by atoms with Crippen molar-refractivity contribution in [3.05, 3.63) is 64.2 Å². The molecule has 6 nitrogen and oxygen atoms in total. The highest BCUT2D eigenvalue weighted by Gasteiger charge is 2.18. The SMILES string of the molecule is C[C@@H]1CN(c2ccc3cc(-c4cn5cccc(Cl)c5n4)c(=O)oc3c2)CCN1. The minimum atomic E-state index is -0.405. The summed E-state index contributed by atoms with van der Waals surface area (Å²) in [5.41, 5.74) is 2.83. The van der Waals surface area contributed by atoms with Gasteiger partial charge in [-0.05, 0) is 37.3 Å². The van der Waals surface area contributed by atoms with Gasteiger partial charge < -0.3 is 19.0 Å². The summed E-state index contributed by atoms with van der Waals surface area (Å²) in [4.78, 5) is 19.5. The van der Waals surface area contributed by atoms with E-state index in [-0.39, 0.29) is 0 Å². The Morgan fingerprint density at radius 1 is 1.29 bits per heavy atom. The lowest BCUT2D eigenvalue weighted by molar-refractivity contribution is 0.484. The summed E-state index contributed by atoms with van der Waals surface area (Å²) in [6.07, 6.45) is 3.64. The zero-order chi connectivity index (χ0) is 19.3. The molecule has 0 bridgehead atoms. The lowest BCUT2D eigenvalue weighted by Gasteiger charge is -2.33. The molecule has 1 N–H and O–H groups in total. The van der Waals surface area contributed by atoms with E-state index in [1.54, 1.807) is 16.7 Å². The van der Waals surface area contributed by atoms with Crippen molar-refractivity contribution in [2.75, 3.05) is 24.5 Å². The topological polar surface area (TPSA) is 62.8 Å². The van der Waals surface area contributed by atoms with Gasteiger partial charge in [-0.1, -0.05) is 11.6 Å². The van der Waals surface area contributed by atoms with Crippen LogP contribution in [-0.2, 0) is 0 Å². The molecule has 1 aliphatic rings. The van der Waals surface area contributed by atoms with Crippen LogP contribution in [0.1, 0.15) is 6.92 Å². The third-order valence-electron chi connectivity index (χ3n) is 5.16. The van der Waals surface area contributed by atoms with Crippen LogP contribution in [0.4, 0.5) is 5.69 Å². The Morgan fingerprint density at radius 3 is 3.00 bits per heavy atom. The molecule has 1 saturated heterocycles. The summed E-state index contributed by atoms with van der Waals surface area (Å²) >= 11 is 6.20. The Balaban J connectivity index is 1.57. The molecule has 1 fully saturated rings. The van der Waals surface area contributed by atoms with E-state index in [0.29, 0.717) is 33.6 Å². The molecule has 1 atom stereocenters. The van der Waals surface area contributed by atoms with Crippen molar-refractivity contribution in [1.29, 1.82) is 0 Å². The Bertz CT molecular complexity index is 1250. The first-order chi connectivity index (χ1) is 13.6. The number of piperazine rings is 1. The van der Waals surface area contributed by atoms with E-state index >= 15 is 0 Å². The van der Waals surface area contributed by atoms with Crippen molar-refractivity contribution >= 4 is 33.9 Å². The standard InChI is InChI=1S/C21H19ClN4O2/c1-13-11-25(8-6-23-13)15-5-4-14-9-16(21(27)28-19(14)10-15)18-12-26-7-2-3-17(22)20(26)24-18/h2-5,7,9-10,12-13,23H,6,8,11H2,1H3/t13-/m1/s1. The van der Waals surface area contributed by atoms with Crippen molar-refractivity contribution in [3.63, 3.8) is 0 Å². The molecule has 28 heavy (non-hydrogen) atoms. The fourth-order valence-electron chi connectivity index (χ4n) is 3.75. The van der Waals surface area contributed by atoms with Gasteiger partial charge in [-0.25, -0.2) is 9.78 Å². The van der Waals surface area contributed by atoms with Crippen LogP contribution in [0, 0.1) is 0 Å². The fraction of sp³-hybridized carbons (Fsp3) is 0.238. The Kier molecular flexibility index (Phi) is 4.10. The van der Waals surface area contributed by atoms with Gasteiger partial charge in [0.05, 0.1) is 16.3 Å². The normalized spacial score (nSPS) is 17.5. The van der Waals surface area contributed by atoms with E-state index in [9.17, 15) is 4.79 Å². The smallest absolute Gasteiger partial charge is 0.345 e. The minimum absolute atomic E-state index is 0.405. The lowest BCUT2D eigenvalue weighted by Crippen LogP contribution is -2.49. The summed E-state index contributed by atoms with van der Waals surface area (Å²) in [6.45, 7) is 4.97. The highest BCUT2D eigenvalue weighted by Crippen LogP contribution is 2.26. The van der Waals surface area contributed by atoms with E-state index in [1.165, 1.54) is 0 Å². The molecule has 0 aliphatic carbocycles. The zero-order valence-electron chi connectivity index (χ0n) is 15.4. The summed E-state index contributed by atoms with van der Waals surface area (Å²) in [7, 11) is 0. The molecular formula is C21H19ClN4O2. The number of fused-ring (bicyclic) bond motifs is 2. The van der Waals surface area contributed by atoms with Gasteiger partial charge in [0.15, 0.2) is 5.65 Å². The molecule has 4 heterocycles. The average molecular weight is 395 g/mol. The largest absolute Gasteiger partial charge is 0.422 e. The number of halogens is 1. The number of nitrogens with zero attached hydrogens (tertiary/aromatic N) is 3. The van der Waals surface area contributed by atoms with E-state index in [1.807, 2.05) is 30.5 Å². The Morgan fingerprint density at radius 2 is 2.18 bits per heavy atom. The first kappa shape index (κ1) is 17.3. The monoisotopic (exact) mass is 394 g/mol. The van der Waals surface area contributed by atoms with Crippen molar-refractivity contribution < 1.29 is 4.42 Å². The number of benzene rings is 1. The Labute approximate surface area is 166 Å². The van der Waals surface area contributed by atoms with Gasteiger partial charge >= 0.3 is 5.63 Å². The number of aromatic nitrogens is 2. The number of rotatable bonds is 2. The number of pyridine rings is 1. The van der Waals surface area contributed by atoms with Crippen LogP contribution in [0.3, 0.4) is 0 Å². The van der Waals surface area contributed by atoms with Crippen LogP contribution in [0.15, 0.2) is 58.0 Å². The van der Waals surface area contributed by atoms with Crippen LogP contribution in [0.25, 0.3) is 27.9 Å². The molecule has 142 valence electrons. The first-order valence-electron chi connectivity index (χ1n) is 9.28. The molecule has 0 saturated carbocycles. The average Bonchev–Trinajstić information content (AvgIpc) is 3.12. The fourth-order valence-corrected chi connectivity index (χ4v) is 3.96. The zero-order valence-corrected chi connectivity index (χ0v) is 16.1. The summed E-state index contributed by atoms with van der Waals surface area (Å²) in [6, 6.07) is 11.9. The Hall–Kier alpha value is -2.83. The van der Waals surface area contributed by atoms with Gasteiger partial charge in [0.1, 0.15) is 5.58 Å². The predicted octanol–water partition coefficient (Wildman–Crippen LogP) is 3.56. The molecule has 0 amide bonds. The minimum Gasteiger partial charge on any atom is -0.422 e. The lowest BCUT2D eigenvalue weighted by atomic mass is 10.1. The number of hydrogen-bond donors (Lipinski definition) is 1. The van der Waals surface area contributed by atoms with E-state index in [0.717, 1.165) is 30.7 Å². The number of hydrogen-bond acceptors (Lipinski definition) is 5. The third kappa shape index (κ3) is 2.95. The predicted molar refractivity (Wildman–Crippen MR) is 111 cm³/mol. The quantitative estimate of drug-likeness (QED) is 0.527. The summed E-state index contributed by atoms with van der Waals surface area (Å²) in [5.74, 6) is 0. The molecule has 1 aliphatic heterocycles. The molecule has 5 rings (SSSR count). The van der Waals surface area contributed by atoms with Crippen LogP contribution in [-0.4, -0.2) is 35.1 Å². The maximum absolute atomic E-state index is 12.7.